The molecule has 0 spiro atoms. The molecule has 32 heavy (non-hydrogen) atoms. The van der Waals surface area contributed by atoms with E-state index in [4.69, 9.17) is 0 Å². The Hall–Kier alpha value is -4.08. The van der Waals surface area contributed by atoms with E-state index in [1.807, 2.05) is 19.1 Å². The van der Waals surface area contributed by atoms with Gasteiger partial charge in [-0.2, -0.15) is 0 Å². The first-order valence-corrected chi connectivity index (χ1v) is 9.51. The first-order chi connectivity index (χ1) is 15.4. The topological polar surface area (TPSA) is 92.7 Å². The number of hydrogen-bond acceptors (Lipinski definition) is 6. The van der Waals surface area contributed by atoms with Crippen LogP contribution in [-0.2, 0) is 0 Å². The summed E-state index contributed by atoms with van der Waals surface area (Å²) < 4.78 is 39.3. The molecule has 7 nitrogen and oxygen atoms in total. The number of pyridine rings is 4. The molecular weight excluding hydrogens is 421 g/mol. The van der Waals surface area contributed by atoms with Crippen molar-refractivity contribution >= 4 is 28.3 Å². The van der Waals surface area contributed by atoms with Gasteiger partial charge in [-0.05, 0) is 25.1 Å². The van der Waals surface area contributed by atoms with E-state index in [2.05, 4.69) is 30.6 Å². The average Bonchev–Trinajstić information content (AvgIpc) is 2.79. The Bertz CT molecular complexity index is 1330. The highest BCUT2D eigenvalue weighted by atomic mass is 19.3. The van der Waals surface area contributed by atoms with Crippen molar-refractivity contribution in [2.24, 2.45) is 0 Å². The quantitative estimate of drug-likeness (QED) is 0.467. The van der Waals surface area contributed by atoms with Gasteiger partial charge < -0.3 is 10.6 Å². The first-order valence-electron chi connectivity index (χ1n) is 9.51. The highest BCUT2D eigenvalue weighted by Crippen LogP contribution is 2.28. The van der Waals surface area contributed by atoms with E-state index < -0.39 is 23.7 Å². The third kappa shape index (κ3) is 4.20. The number of carbonyl (C=O) groups is 1. The van der Waals surface area contributed by atoms with Gasteiger partial charge in [0.15, 0.2) is 0 Å². The van der Waals surface area contributed by atoms with Crippen molar-refractivity contribution in [3.8, 4) is 11.1 Å². The number of hydrogen-bond donors (Lipinski definition) is 2. The minimum absolute atomic E-state index is 0.323. The van der Waals surface area contributed by atoms with Crippen LogP contribution in [0.3, 0.4) is 0 Å². The second kappa shape index (κ2) is 8.58. The highest BCUT2D eigenvalue weighted by molar-refractivity contribution is 6.03. The van der Waals surface area contributed by atoms with E-state index in [0.717, 1.165) is 28.1 Å². The van der Waals surface area contributed by atoms with Gasteiger partial charge in [0, 0.05) is 47.7 Å². The zero-order chi connectivity index (χ0) is 22.8. The van der Waals surface area contributed by atoms with Crippen LogP contribution in [0.2, 0.25) is 0 Å². The number of amides is 1. The molecule has 0 aromatic carbocycles. The fourth-order valence-electron chi connectivity index (χ4n) is 3.14. The van der Waals surface area contributed by atoms with Gasteiger partial charge in [-0.25, -0.2) is 23.1 Å². The Labute approximate surface area is 180 Å². The van der Waals surface area contributed by atoms with Gasteiger partial charge in [0.2, 0.25) is 0 Å². The highest BCUT2D eigenvalue weighted by Gasteiger charge is 2.18. The third-order valence-electron chi connectivity index (χ3n) is 4.83. The second-order valence-corrected chi connectivity index (χ2v) is 6.94. The Morgan fingerprint density at radius 1 is 0.969 bits per heavy atom. The Balaban J connectivity index is 1.64. The molecule has 2 N–H and O–H groups in total. The Morgan fingerprint density at radius 3 is 2.53 bits per heavy atom. The van der Waals surface area contributed by atoms with Gasteiger partial charge in [-0.1, -0.05) is 0 Å². The van der Waals surface area contributed by atoms with Gasteiger partial charge in [0.1, 0.15) is 17.3 Å². The molecule has 0 fully saturated rings. The molecule has 0 saturated carbocycles. The monoisotopic (exact) mass is 438 g/mol. The number of aryl methyl sites for hydroxylation is 1. The Kier molecular flexibility index (Phi) is 5.67. The van der Waals surface area contributed by atoms with Crippen molar-refractivity contribution in [3.05, 3.63) is 71.8 Å². The standard InChI is InChI=1S/C22H17F3N6O/c1-11-15(12-3-13-8-30-20(26-2)6-18(13)28-7-12)4-14(9-27-11)31-22(32)19-5-16(21(24)25)17(23)10-29-19/h3-10,21H,1-2H3,(H,26,30)(H,31,32). The zero-order valence-corrected chi connectivity index (χ0v) is 17.0. The summed E-state index contributed by atoms with van der Waals surface area (Å²) in [5.41, 5.74) is 2.05. The molecule has 0 aliphatic carbocycles. The van der Waals surface area contributed by atoms with Crippen LogP contribution in [0.25, 0.3) is 22.0 Å². The maximum Gasteiger partial charge on any atom is 0.274 e. The average molecular weight is 438 g/mol. The molecule has 4 heterocycles. The summed E-state index contributed by atoms with van der Waals surface area (Å²) in [5, 5.41) is 6.34. The smallest absolute Gasteiger partial charge is 0.274 e. The summed E-state index contributed by atoms with van der Waals surface area (Å²) in [4.78, 5) is 29.1. The van der Waals surface area contributed by atoms with E-state index >= 15 is 0 Å². The normalized spacial score (nSPS) is 11.1. The molecule has 4 rings (SSSR count). The fourth-order valence-corrected chi connectivity index (χ4v) is 3.14. The largest absolute Gasteiger partial charge is 0.373 e. The molecule has 162 valence electrons. The number of alkyl halides is 2. The molecule has 0 aliphatic rings. The van der Waals surface area contributed by atoms with Crippen LogP contribution in [-0.4, -0.2) is 32.9 Å². The number of carbonyl (C=O) groups excluding carboxylic acids is 1. The number of nitrogens with one attached hydrogen (secondary N) is 2. The molecule has 4 aromatic heterocycles. The van der Waals surface area contributed by atoms with Gasteiger partial charge in [-0.3, -0.25) is 14.8 Å². The maximum atomic E-state index is 13.5. The molecule has 0 bridgehead atoms. The molecule has 0 saturated heterocycles. The summed E-state index contributed by atoms with van der Waals surface area (Å²) >= 11 is 0. The van der Waals surface area contributed by atoms with Crippen LogP contribution in [0.5, 0.6) is 0 Å². The fraction of sp³-hybridized carbons (Fsp3) is 0.136. The minimum Gasteiger partial charge on any atom is -0.373 e. The van der Waals surface area contributed by atoms with E-state index in [1.54, 1.807) is 25.5 Å². The van der Waals surface area contributed by atoms with Crippen molar-refractivity contribution < 1.29 is 18.0 Å². The predicted octanol–water partition coefficient (Wildman–Crippen LogP) is 4.77. The molecule has 10 heteroatoms. The molecule has 0 radical (unpaired) electrons. The number of halogens is 3. The Morgan fingerprint density at radius 2 is 1.78 bits per heavy atom. The molecule has 4 aromatic rings. The molecule has 0 unspecified atom stereocenters. The molecular formula is C22H17F3N6O. The molecule has 0 atom stereocenters. The lowest BCUT2D eigenvalue weighted by atomic mass is 10.0. The van der Waals surface area contributed by atoms with E-state index in [1.165, 1.54) is 6.20 Å². The summed E-state index contributed by atoms with van der Waals surface area (Å²) in [7, 11) is 1.77. The van der Waals surface area contributed by atoms with E-state index in [9.17, 15) is 18.0 Å². The third-order valence-corrected chi connectivity index (χ3v) is 4.83. The first kappa shape index (κ1) is 21.2. The molecule has 0 aliphatic heterocycles. The maximum absolute atomic E-state index is 13.5. The lowest BCUT2D eigenvalue weighted by Crippen LogP contribution is -2.15. The number of aromatic nitrogens is 4. The van der Waals surface area contributed by atoms with Crippen LogP contribution in [0.15, 0.2) is 49.1 Å². The van der Waals surface area contributed by atoms with Crippen molar-refractivity contribution in [1.82, 2.24) is 19.9 Å². The summed E-state index contributed by atoms with van der Waals surface area (Å²) in [6.45, 7) is 1.81. The SMILES string of the molecule is CNc1cc2ncc(-c3cc(NC(=O)c4cc(C(F)F)c(F)cn4)cnc3C)cc2cn1. The van der Waals surface area contributed by atoms with Crippen molar-refractivity contribution in [1.29, 1.82) is 0 Å². The lowest BCUT2D eigenvalue weighted by molar-refractivity contribution is 0.102. The van der Waals surface area contributed by atoms with Gasteiger partial charge >= 0.3 is 0 Å². The van der Waals surface area contributed by atoms with Crippen LogP contribution < -0.4 is 10.6 Å². The molecule has 1 amide bonds. The number of rotatable bonds is 5. The van der Waals surface area contributed by atoms with Crippen molar-refractivity contribution in [3.63, 3.8) is 0 Å². The van der Waals surface area contributed by atoms with Crippen LogP contribution >= 0.6 is 0 Å². The summed E-state index contributed by atoms with van der Waals surface area (Å²) in [6.07, 6.45) is 2.37. The van der Waals surface area contributed by atoms with Crippen LogP contribution in [0.1, 0.15) is 28.2 Å². The van der Waals surface area contributed by atoms with Gasteiger partial charge in [0.05, 0.1) is 29.2 Å². The zero-order valence-electron chi connectivity index (χ0n) is 17.0. The van der Waals surface area contributed by atoms with Crippen molar-refractivity contribution in [2.45, 2.75) is 13.3 Å². The van der Waals surface area contributed by atoms with Gasteiger partial charge in [0.25, 0.3) is 12.3 Å². The van der Waals surface area contributed by atoms with Crippen molar-refractivity contribution in [2.75, 3.05) is 17.7 Å². The predicted molar refractivity (Wildman–Crippen MR) is 114 cm³/mol. The number of nitrogens with zero attached hydrogens (tertiary/aromatic N) is 4. The summed E-state index contributed by atoms with van der Waals surface area (Å²) in [5.74, 6) is -1.23. The van der Waals surface area contributed by atoms with E-state index in [0.29, 0.717) is 23.4 Å². The second-order valence-electron chi connectivity index (χ2n) is 6.94. The minimum atomic E-state index is -3.06. The van der Waals surface area contributed by atoms with Crippen LogP contribution in [0.4, 0.5) is 24.7 Å². The number of fused-ring (bicyclic) bond motifs is 1. The summed E-state index contributed by atoms with van der Waals surface area (Å²) in [6, 6.07) is 6.15. The van der Waals surface area contributed by atoms with Gasteiger partial charge in [-0.15, -0.1) is 0 Å². The lowest BCUT2D eigenvalue weighted by Gasteiger charge is -2.11. The van der Waals surface area contributed by atoms with E-state index in [-0.39, 0.29) is 5.69 Å². The number of anilines is 2. The van der Waals surface area contributed by atoms with Crippen LogP contribution in [0, 0.1) is 12.7 Å².